The lowest BCUT2D eigenvalue weighted by molar-refractivity contribution is -0.128. The van der Waals surface area contributed by atoms with E-state index < -0.39 is 0 Å². The summed E-state index contributed by atoms with van der Waals surface area (Å²) in [4.78, 5) is 26.0. The second-order valence-corrected chi connectivity index (χ2v) is 7.05. The molecule has 0 bridgehead atoms. The summed E-state index contributed by atoms with van der Waals surface area (Å²) in [5.41, 5.74) is 4.12. The molecule has 136 valence electrons. The van der Waals surface area contributed by atoms with E-state index >= 15 is 0 Å². The molecule has 1 aliphatic heterocycles. The van der Waals surface area contributed by atoms with E-state index in [1.54, 1.807) is 12.1 Å². The first-order valence-electron chi connectivity index (χ1n) is 8.74. The zero-order valence-electron chi connectivity index (χ0n) is 14.6. The largest absolute Gasteiger partial charge is 0.338 e. The zero-order valence-corrected chi connectivity index (χ0v) is 15.4. The van der Waals surface area contributed by atoms with Gasteiger partial charge in [-0.05, 0) is 47.8 Å². The maximum Gasteiger partial charge on any atom is 0.255 e. The van der Waals surface area contributed by atoms with Crippen LogP contribution >= 0.6 is 11.5 Å². The molecule has 0 aliphatic carbocycles. The molecular weight excluding hydrogens is 360 g/mol. The normalized spacial score (nSPS) is 13.8. The van der Waals surface area contributed by atoms with Crippen molar-refractivity contribution in [3.05, 3.63) is 65.0 Å². The van der Waals surface area contributed by atoms with Crippen LogP contribution in [0.3, 0.4) is 0 Å². The van der Waals surface area contributed by atoms with Crippen LogP contribution in [-0.2, 0) is 11.3 Å². The van der Waals surface area contributed by atoms with Gasteiger partial charge in [-0.2, -0.15) is 0 Å². The number of hydrogen-bond acceptors (Lipinski definition) is 5. The van der Waals surface area contributed by atoms with Crippen LogP contribution in [0.25, 0.3) is 11.3 Å². The number of benzene rings is 2. The van der Waals surface area contributed by atoms with Crippen molar-refractivity contribution >= 4 is 29.0 Å². The third-order valence-corrected chi connectivity index (χ3v) is 5.06. The molecule has 0 unspecified atom stereocenters. The van der Waals surface area contributed by atoms with Gasteiger partial charge in [-0.15, -0.1) is 5.10 Å². The Morgan fingerprint density at radius 3 is 2.52 bits per heavy atom. The molecule has 0 atom stereocenters. The van der Waals surface area contributed by atoms with Crippen molar-refractivity contribution < 1.29 is 9.59 Å². The summed E-state index contributed by atoms with van der Waals surface area (Å²) in [5.74, 6) is 0.0376. The Balaban J connectivity index is 1.38. The number of anilines is 1. The Morgan fingerprint density at radius 2 is 1.89 bits per heavy atom. The minimum Gasteiger partial charge on any atom is -0.338 e. The molecule has 0 saturated carbocycles. The molecule has 6 nitrogen and oxygen atoms in total. The Hall–Kier alpha value is -3.06. The highest BCUT2D eigenvalue weighted by Gasteiger charge is 2.20. The molecule has 27 heavy (non-hydrogen) atoms. The van der Waals surface area contributed by atoms with E-state index in [1.165, 1.54) is 11.5 Å². The maximum absolute atomic E-state index is 12.4. The average Bonchev–Trinajstić information content (AvgIpc) is 3.36. The number of nitrogens with zero attached hydrogens (tertiary/aromatic N) is 3. The summed E-state index contributed by atoms with van der Waals surface area (Å²) in [7, 11) is 0. The van der Waals surface area contributed by atoms with Crippen LogP contribution < -0.4 is 5.32 Å². The van der Waals surface area contributed by atoms with Crippen LogP contribution in [0.5, 0.6) is 0 Å². The summed E-state index contributed by atoms with van der Waals surface area (Å²) in [6, 6.07) is 14.9. The van der Waals surface area contributed by atoms with Crippen molar-refractivity contribution in [2.45, 2.75) is 19.4 Å². The van der Waals surface area contributed by atoms with E-state index in [1.807, 2.05) is 46.7 Å². The lowest BCUT2D eigenvalue weighted by Crippen LogP contribution is -2.23. The van der Waals surface area contributed by atoms with Crippen molar-refractivity contribution in [1.82, 2.24) is 14.5 Å². The molecule has 3 aromatic rings. The Morgan fingerprint density at radius 1 is 1.11 bits per heavy atom. The van der Waals surface area contributed by atoms with Gasteiger partial charge in [-0.3, -0.25) is 9.59 Å². The van der Waals surface area contributed by atoms with E-state index in [9.17, 15) is 9.59 Å². The van der Waals surface area contributed by atoms with Crippen LogP contribution in [0.1, 0.15) is 28.8 Å². The smallest absolute Gasteiger partial charge is 0.255 e. The summed E-state index contributed by atoms with van der Waals surface area (Å²) in [5, 5.41) is 8.80. The van der Waals surface area contributed by atoms with Gasteiger partial charge in [0.25, 0.3) is 5.91 Å². The molecule has 2 amide bonds. The Kier molecular flexibility index (Phi) is 4.93. The average molecular weight is 378 g/mol. The van der Waals surface area contributed by atoms with Crippen molar-refractivity contribution in [1.29, 1.82) is 0 Å². The summed E-state index contributed by atoms with van der Waals surface area (Å²) in [6.07, 6.45) is 1.56. The van der Waals surface area contributed by atoms with Gasteiger partial charge >= 0.3 is 0 Å². The summed E-state index contributed by atoms with van der Waals surface area (Å²) >= 11 is 1.31. The molecule has 1 aromatic heterocycles. The predicted octanol–water partition coefficient (Wildman–Crippen LogP) is 3.58. The number of hydrogen-bond donors (Lipinski definition) is 1. The number of carbonyl (C=O) groups excluding carboxylic acids is 2. The van der Waals surface area contributed by atoms with Crippen molar-refractivity contribution in [3.63, 3.8) is 0 Å². The van der Waals surface area contributed by atoms with Crippen LogP contribution in [0.2, 0.25) is 0 Å². The molecule has 1 saturated heterocycles. The van der Waals surface area contributed by atoms with Gasteiger partial charge in [-0.25, -0.2) is 0 Å². The van der Waals surface area contributed by atoms with Crippen molar-refractivity contribution in [2.75, 3.05) is 11.9 Å². The minimum atomic E-state index is -0.165. The fraction of sp³-hybridized carbons (Fsp3) is 0.200. The molecule has 2 aromatic carbocycles. The first-order chi connectivity index (χ1) is 13.2. The number of rotatable bonds is 5. The molecule has 1 N–H and O–H groups in total. The quantitative estimate of drug-likeness (QED) is 0.736. The van der Waals surface area contributed by atoms with Gasteiger partial charge < -0.3 is 10.2 Å². The van der Waals surface area contributed by atoms with E-state index in [0.29, 0.717) is 18.5 Å². The van der Waals surface area contributed by atoms with Gasteiger partial charge in [0.05, 0.1) is 0 Å². The van der Waals surface area contributed by atoms with Crippen molar-refractivity contribution in [3.8, 4) is 11.3 Å². The second kappa shape index (κ2) is 7.67. The fourth-order valence-corrected chi connectivity index (χ4v) is 3.54. The Labute approximate surface area is 161 Å². The van der Waals surface area contributed by atoms with Gasteiger partial charge in [0.1, 0.15) is 5.69 Å². The fourth-order valence-electron chi connectivity index (χ4n) is 3.07. The van der Waals surface area contributed by atoms with Gasteiger partial charge in [0.15, 0.2) is 0 Å². The number of amides is 2. The van der Waals surface area contributed by atoms with Crippen LogP contribution in [0, 0.1) is 0 Å². The van der Waals surface area contributed by atoms with E-state index in [-0.39, 0.29) is 11.8 Å². The van der Waals surface area contributed by atoms with E-state index in [2.05, 4.69) is 14.9 Å². The second-order valence-electron chi connectivity index (χ2n) is 6.44. The van der Waals surface area contributed by atoms with Crippen LogP contribution in [0.4, 0.5) is 5.69 Å². The zero-order chi connectivity index (χ0) is 18.6. The molecule has 0 spiro atoms. The molecule has 4 rings (SSSR count). The Bertz CT molecular complexity index is 937. The highest BCUT2D eigenvalue weighted by atomic mass is 32.1. The van der Waals surface area contributed by atoms with Crippen molar-refractivity contribution in [2.24, 2.45) is 0 Å². The molecule has 0 radical (unpaired) electrons. The first-order valence-corrected chi connectivity index (χ1v) is 9.58. The minimum absolute atomic E-state index is 0.165. The van der Waals surface area contributed by atoms with Crippen LogP contribution in [0.15, 0.2) is 53.9 Å². The SMILES string of the molecule is O=C(Nc1ccc(-c2csnn2)cc1)c1ccc(CN2CCCC2=O)cc1. The standard InChI is InChI=1S/C20H18N4O2S/c25-19-2-1-11-24(19)12-14-3-5-16(6-4-14)20(26)21-17-9-7-15(8-10-17)18-13-27-23-22-18/h3-10,13H,1-2,11-12H2,(H,21,26). The molecule has 1 aliphatic rings. The highest BCUT2D eigenvalue weighted by molar-refractivity contribution is 7.03. The summed E-state index contributed by atoms with van der Waals surface area (Å²) < 4.78 is 3.85. The number of aromatic nitrogens is 2. The van der Waals surface area contributed by atoms with Gasteiger partial charge in [0, 0.05) is 41.7 Å². The van der Waals surface area contributed by atoms with E-state index in [4.69, 9.17) is 0 Å². The van der Waals surface area contributed by atoms with Gasteiger partial charge in [0.2, 0.25) is 5.91 Å². The molecular formula is C20H18N4O2S. The molecule has 7 heteroatoms. The number of nitrogens with one attached hydrogen (secondary N) is 1. The monoisotopic (exact) mass is 378 g/mol. The predicted molar refractivity (Wildman–Crippen MR) is 104 cm³/mol. The van der Waals surface area contributed by atoms with Gasteiger partial charge in [-0.1, -0.05) is 28.8 Å². The number of carbonyl (C=O) groups is 2. The third-order valence-electron chi connectivity index (χ3n) is 4.56. The molecule has 1 fully saturated rings. The topological polar surface area (TPSA) is 75.2 Å². The molecule has 2 heterocycles. The lowest BCUT2D eigenvalue weighted by atomic mass is 10.1. The lowest BCUT2D eigenvalue weighted by Gasteiger charge is -2.15. The third kappa shape index (κ3) is 4.03. The highest BCUT2D eigenvalue weighted by Crippen LogP contribution is 2.21. The van der Waals surface area contributed by atoms with Crippen LogP contribution in [-0.4, -0.2) is 32.8 Å². The first kappa shape index (κ1) is 17.4. The number of likely N-dealkylation sites (tertiary alicyclic amines) is 1. The summed E-state index contributed by atoms with van der Waals surface area (Å²) in [6.45, 7) is 1.42. The van der Waals surface area contributed by atoms with E-state index in [0.717, 1.165) is 35.5 Å². The maximum atomic E-state index is 12.4.